The number of nitrogens with one attached hydrogen (secondary N) is 10. The molecule has 778 valence electrons. The van der Waals surface area contributed by atoms with Crippen molar-refractivity contribution < 1.29 is 134 Å². The number of hydrazine groups is 2. The molecule has 0 bridgehead atoms. The molecule has 4 aliphatic heterocycles. The first-order valence-electron chi connectivity index (χ1n) is 49.4. The summed E-state index contributed by atoms with van der Waals surface area (Å²) in [6, 6.07) is 22.9. The quantitative estimate of drug-likeness (QED) is 0.0195. The van der Waals surface area contributed by atoms with Crippen LogP contribution in [-0.2, 0) is 98.9 Å². The fraction of sp³-hybridized carbons (Fsp3) is 0.578. The first-order valence-corrected chi connectivity index (χ1v) is 49.4. The number of hydrogen-bond donors (Lipinski definition) is 16. The van der Waals surface area contributed by atoms with E-state index < -0.39 is 186 Å². The van der Waals surface area contributed by atoms with Crippen molar-refractivity contribution in [3.8, 4) is 17.6 Å². The third-order valence-corrected chi connectivity index (χ3v) is 28.2. The molecule has 0 radical (unpaired) electrons. The molecular weight excluding hydrogens is 1860 g/mol. The van der Waals surface area contributed by atoms with Gasteiger partial charge in [-0.2, -0.15) is 0 Å². The molecule has 39 nitrogen and oxygen atoms in total. The molecule has 5 fully saturated rings. The summed E-state index contributed by atoms with van der Waals surface area (Å²) >= 11 is 0. The SMILES string of the molecule is CCCC1O[C@@H]2C[C@H]3[C@@H]4C[C@H](F)C5=CC(=O)C=C[C@]5(C)[C@@]4(F)[C@@H](O)C[C@]3(C)[C@]2(C(=O)COc2ccc(NC(=O)OCc3ccc(NC(=O)[C@H](CCCNC(N)=O)NC(=O)[C@@H](NC(=O)[C@@H](CCCCNC(=O)COC4CCCCCC5=C4NNN5[C@@H]4O[C@H](CO)[C@H](O)[C@H](O)[C@H]4O)NC(=O)CCOCCOCCOCCOCCNC(=O)CCC(=O)N4Cc5ccccc5C#Cc5ccccc54)C(C)C)cc3)cc2)O1. The molecule has 19 atom stereocenters. The van der Waals surface area contributed by atoms with Gasteiger partial charge in [0.15, 0.2) is 29.6 Å². The highest BCUT2D eigenvalue weighted by Gasteiger charge is 2.80. The second-order valence-electron chi connectivity index (χ2n) is 38.1. The van der Waals surface area contributed by atoms with Gasteiger partial charge in [0.1, 0.15) is 80.4 Å². The summed E-state index contributed by atoms with van der Waals surface area (Å²) in [6.45, 7) is 8.93. The number of para-hydroxylation sites is 1. The number of primary amides is 1. The number of halogens is 2. The predicted octanol–water partition coefficient (Wildman–Crippen LogP) is 5.36. The average Bonchev–Trinajstić information content (AvgIpc) is 1.45. The van der Waals surface area contributed by atoms with E-state index >= 15 is 8.78 Å². The molecule has 0 spiro atoms. The Morgan fingerprint density at radius 1 is 0.671 bits per heavy atom. The minimum absolute atomic E-state index is 0.000748. The smallest absolute Gasteiger partial charge is 0.411 e. The molecule has 0 aromatic heterocycles. The van der Waals surface area contributed by atoms with Crippen LogP contribution in [0.2, 0.25) is 0 Å². The van der Waals surface area contributed by atoms with Crippen molar-refractivity contribution in [2.24, 2.45) is 34.3 Å². The van der Waals surface area contributed by atoms with Crippen LogP contribution in [0.25, 0.3) is 0 Å². The maximum Gasteiger partial charge on any atom is 0.411 e. The number of unbranched alkanes of at least 4 members (excludes halogenated alkanes) is 1. The van der Waals surface area contributed by atoms with E-state index in [0.29, 0.717) is 67.0 Å². The summed E-state index contributed by atoms with van der Waals surface area (Å²) in [4.78, 5) is 151. The number of rotatable bonds is 49. The van der Waals surface area contributed by atoms with Crippen molar-refractivity contribution in [2.75, 3.05) is 108 Å². The molecule has 4 aromatic rings. The van der Waals surface area contributed by atoms with Gasteiger partial charge in [-0.25, -0.2) is 18.4 Å². The normalized spacial score (nSPS) is 26.7. The number of carbonyl (C=O) groups is 11. The fourth-order valence-electron chi connectivity index (χ4n) is 20.7. The van der Waals surface area contributed by atoms with Crippen molar-refractivity contribution >= 4 is 82.1 Å². The highest BCUT2D eigenvalue weighted by Crippen LogP contribution is 2.72. The highest BCUT2D eigenvalue weighted by atomic mass is 19.1. The van der Waals surface area contributed by atoms with Crippen molar-refractivity contribution in [1.29, 1.82) is 0 Å². The minimum atomic E-state index is -2.38. The highest BCUT2D eigenvalue weighted by molar-refractivity contribution is 6.02. The molecule has 9 aliphatic rings. The number of allylic oxidation sites excluding steroid dienone is 5. The molecule has 3 saturated carbocycles. The molecule has 5 aliphatic carbocycles. The summed E-state index contributed by atoms with van der Waals surface area (Å²) in [6.07, 6.45) is -5.26. The van der Waals surface area contributed by atoms with E-state index in [4.69, 9.17) is 53.1 Å². The first kappa shape index (κ1) is 109. The number of urea groups is 1. The van der Waals surface area contributed by atoms with Crippen LogP contribution in [0.15, 0.2) is 132 Å². The van der Waals surface area contributed by atoms with Crippen LogP contribution in [0.1, 0.15) is 172 Å². The van der Waals surface area contributed by atoms with E-state index in [1.165, 1.54) is 48.4 Å². The topological polar surface area (TPSA) is 534 Å². The number of aliphatic hydroxyl groups excluding tert-OH is 5. The Bertz CT molecular complexity index is 5280. The third-order valence-electron chi connectivity index (χ3n) is 28.2. The number of ether oxygens (including phenoxy) is 10. The maximum atomic E-state index is 18.1. The second kappa shape index (κ2) is 50.8. The molecule has 4 heterocycles. The number of ketones is 2. The number of nitrogens with two attached hydrogens (primary N) is 1. The van der Waals surface area contributed by atoms with Gasteiger partial charge in [0.25, 0.3) is 0 Å². The number of anilines is 3. The largest absolute Gasteiger partial charge is 0.486 e. The predicted molar refractivity (Wildman–Crippen MR) is 513 cm³/mol. The van der Waals surface area contributed by atoms with Gasteiger partial charge >= 0.3 is 12.1 Å². The summed E-state index contributed by atoms with van der Waals surface area (Å²) in [5.74, 6) is -0.383. The number of nitrogens with zero attached hydrogens (tertiary/aromatic N) is 2. The zero-order valence-corrected chi connectivity index (χ0v) is 81.3. The van der Waals surface area contributed by atoms with Gasteiger partial charge in [-0.1, -0.05) is 107 Å². The number of Topliss-reactive ketones (excluding diaryl/α,β-unsaturated/α-hetero) is 1. The van der Waals surface area contributed by atoms with E-state index in [9.17, 15) is 78.3 Å². The van der Waals surface area contributed by atoms with Crippen molar-refractivity contribution in [2.45, 2.75) is 254 Å². The molecule has 17 N–H and O–H groups in total. The Balaban J connectivity index is 0.557. The Labute approximate surface area is 828 Å². The number of alkyl halides is 2. The van der Waals surface area contributed by atoms with E-state index in [-0.39, 0.29) is 179 Å². The van der Waals surface area contributed by atoms with Crippen LogP contribution in [0.4, 0.5) is 35.4 Å². The van der Waals surface area contributed by atoms with Crippen molar-refractivity contribution in [1.82, 2.24) is 47.9 Å². The van der Waals surface area contributed by atoms with E-state index in [2.05, 4.69) is 65.3 Å². The van der Waals surface area contributed by atoms with Gasteiger partial charge < -0.3 is 126 Å². The molecule has 143 heavy (non-hydrogen) atoms. The number of hydrogen-bond acceptors (Lipinski definition) is 29. The zero-order chi connectivity index (χ0) is 102. The molecule has 2 unspecified atom stereocenters. The van der Waals surface area contributed by atoms with Gasteiger partial charge in [-0.15, -0.1) is 5.53 Å². The number of fused-ring (bicyclic) bond motifs is 9. The summed E-state index contributed by atoms with van der Waals surface area (Å²) in [5.41, 5.74) is 9.92. The Hall–Kier alpha value is -11.5. The number of benzene rings is 4. The maximum absolute atomic E-state index is 18.1. The van der Waals surface area contributed by atoms with Crippen LogP contribution in [0.5, 0.6) is 5.75 Å². The fourth-order valence-corrected chi connectivity index (χ4v) is 20.7. The van der Waals surface area contributed by atoms with Crippen LogP contribution in [-0.4, -0.2) is 279 Å². The zero-order valence-electron chi connectivity index (χ0n) is 81.3. The van der Waals surface area contributed by atoms with Crippen molar-refractivity contribution in [3.63, 3.8) is 0 Å². The molecule has 41 heteroatoms. The standard InChI is InChI=1S/C102H135F2N13O26/c1-6-17-87-142-82-54-70-71-53-73(103)72-52-68(119)38-40-99(72,4)101(71,104)80(120)55-100(70,5)102(82,143-87)81(121)59-138-69-34-32-67(33-35-69)110-98(133)140-58-62-26-30-66(31-27-62)109-93(129)75(22-16-42-108-97(105)132)112-95(131)88(61(2)3)113-94(130)74(21-14-15-41-106-85(124)60-139-78-25-9-7-8-24-77-89(78)114-115-117(77)96-92(128)91(127)90(126)79(57-118)141-96)111-84(123)39-44-134-46-48-136-50-51-137-49-47-135-45-43-107-83(122)36-37-86(125)116-56-65-20-11-10-18-63(65)28-29-64-19-12-13-23-76(64)116/h10-13,18-20,23,26-27,30-35,38,40,52,61,70-71,73-75,78-80,82,87-88,90-92,96,114-115,118,120,126-128H,6-9,14-17,21-22,24-25,36-37,39,41-51,53-60H2,1-5H3,(H,106,124)(H,107,122)(H,109,129)(H,110,133)(H,111,123)(H,112,131)(H,113,130)(H3,105,108,132)/t70-,71-,73-,74+,75-,78?,79+,80-,82+,87?,88-,90-,91-,92+,96+,99-,100-,101-,102+/m0/s1. The second-order valence-corrected chi connectivity index (χ2v) is 38.1. The van der Waals surface area contributed by atoms with E-state index in [1.54, 1.807) is 49.9 Å². The molecule has 2 saturated heterocycles. The van der Waals surface area contributed by atoms with E-state index in [0.717, 1.165) is 42.0 Å². The van der Waals surface area contributed by atoms with E-state index in [1.807, 2.05) is 55.5 Å². The van der Waals surface area contributed by atoms with Crippen LogP contribution >= 0.6 is 0 Å². The lowest BCUT2D eigenvalue weighted by Gasteiger charge is -2.63. The van der Waals surface area contributed by atoms with Crippen LogP contribution < -0.4 is 68.9 Å². The third kappa shape index (κ3) is 26.6. The van der Waals surface area contributed by atoms with Crippen LogP contribution in [0, 0.1) is 40.4 Å². The number of amides is 10. The Morgan fingerprint density at radius 2 is 1.34 bits per heavy atom. The van der Waals surface area contributed by atoms with Gasteiger partial charge in [0.2, 0.25) is 47.1 Å². The van der Waals surface area contributed by atoms with Gasteiger partial charge in [0, 0.05) is 78.1 Å². The minimum Gasteiger partial charge on any atom is -0.486 e. The van der Waals surface area contributed by atoms with Gasteiger partial charge in [-0.3, -0.25) is 53.5 Å². The van der Waals surface area contributed by atoms with Gasteiger partial charge in [-0.05, 0) is 179 Å². The van der Waals surface area contributed by atoms with Crippen molar-refractivity contribution in [3.05, 3.63) is 155 Å². The lowest BCUT2D eigenvalue weighted by molar-refractivity contribution is -0.266. The number of aliphatic hydroxyl groups is 5. The molecular formula is C102H135F2N13O26. The molecule has 4 aromatic carbocycles. The van der Waals surface area contributed by atoms with Crippen LogP contribution in [0.3, 0.4) is 0 Å². The summed E-state index contributed by atoms with van der Waals surface area (Å²) in [7, 11) is 0. The number of carbonyl (C=O) groups excluding carboxylic acids is 11. The van der Waals surface area contributed by atoms with Gasteiger partial charge in [0.05, 0.1) is 95.3 Å². The average molecular weight is 2000 g/mol. The lowest BCUT2D eigenvalue weighted by Crippen LogP contribution is -2.71. The first-order chi connectivity index (χ1) is 68.8. The Kier molecular flexibility index (Phi) is 38.7. The summed E-state index contributed by atoms with van der Waals surface area (Å²) < 4.78 is 93.7. The molecule has 10 amide bonds. The Morgan fingerprint density at radius 3 is 2.07 bits per heavy atom. The lowest BCUT2D eigenvalue weighted by atomic mass is 9.44. The monoisotopic (exact) mass is 2000 g/mol. The molecule has 13 rings (SSSR count). The summed E-state index contributed by atoms with van der Waals surface area (Å²) in [5, 5.41) is 77.3.